The van der Waals surface area contributed by atoms with E-state index in [9.17, 15) is 23.9 Å². The number of nitrogens with one attached hydrogen (secondary N) is 2. The predicted octanol–water partition coefficient (Wildman–Crippen LogP) is 1.34. The van der Waals surface area contributed by atoms with Crippen molar-refractivity contribution in [2.45, 2.75) is 25.8 Å². The molecule has 8 heteroatoms. The molecule has 124 valence electrons. The van der Waals surface area contributed by atoms with Gasteiger partial charge in [0.25, 0.3) is 5.91 Å². The Morgan fingerprint density at radius 3 is 2.70 bits per heavy atom. The number of urea groups is 1. The molecular formula is C15H18FN3O4. The van der Waals surface area contributed by atoms with E-state index in [-0.39, 0.29) is 18.0 Å². The van der Waals surface area contributed by atoms with Gasteiger partial charge in [-0.1, -0.05) is 6.92 Å². The first kappa shape index (κ1) is 16.7. The Kier molecular flexibility index (Phi) is 4.53. The molecular weight excluding hydrogens is 305 g/mol. The molecule has 1 fully saturated rings. The van der Waals surface area contributed by atoms with Crippen molar-refractivity contribution < 1.29 is 23.9 Å². The van der Waals surface area contributed by atoms with Gasteiger partial charge in [-0.3, -0.25) is 9.69 Å². The van der Waals surface area contributed by atoms with E-state index in [1.54, 1.807) is 6.92 Å². The number of nitrogens with zero attached hydrogens (tertiary/aromatic N) is 1. The van der Waals surface area contributed by atoms with E-state index >= 15 is 0 Å². The second kappa shape index (κ2) is 6.23. The number of halogens is 1. The maximum atomic E-state index is 14.0. The van der Waals surface area contributed by atoms with Gasteiger partial charge >= 0.3 is 12.0 Å². The number of benzene rings is 1. The number of carbonyl (C=O) groups is 3. The molecule has 23 heavy (non-hydrogen) atoms. The second-order valence-corrected chi connectivity index (χ2v) is 5.49. The largest absolute Gasteiger partial charge is 0.480 e. The molecule has 7 nitrogen and oxygen atoms in total. The molecule has 0 spiro atoms. The van der Waals surface area contributed by atoms with Crippen molar-refractivity contribution in [3.8, 4) is 0 Å². The first-order chi connectivity index (χ1) is 10.8. The normalized spacial score (nSPS) is 16.7. The van der Waals surface area contributed by atoms with E-state index in [0.717, 1.165) is 6.07 Å². The number of carboxylic acid groups (broad SMARTS) is 1. The van der Waals surface area contributed by atoms with E-state index in [2.05, 4.69) is 10.6 Å². The Morgan fingerprint density at radius 2 is 2.17 bits per heavy atom. The summed E-state index contributed by atoms with van der Waals surface area (Å²) in [6, 6.07) is 3.40. The van der Waals surface area contributed by atoms with Gasteiger partial charge in [-0.05, 0) is 31.5 Å². The lowest BCUT2D eigenvalue weighted by Gasteiger charge is -2.25. The van der Waals surface area contributed by atoms with E-state index < -0.39 is 23.2 Å². The van der Waals surface area contributed by atoms with E-state index in [1.165, 1.54) is 24.0 Å². The third kappa shape index (κ3) is 3.25. The molecule has 1 heterocycles. The molecule has 0 aliphatic carbocycles. The van der Waals surface area contributed by atoms with Gasteiger partial charge in [0.1, 0.15) is 11.4 Å². The standard InChI is InChI=1S/C15H18FN3O4/c1-3-15(2,13(21)22)18-12(20)10-8-9(4-5-11(10)16)19-7-6-17-14(19)23/h4-5,8H,3,6-7H2,1-2H3,(H,17,23)(H,18,20)(H,21,22). The maximum Gasteiger partial charge on any atom is 0.329 e. The van der Waals surface area contributed by atoms with Gasteiger partial charge in [0.05, 0.1) is 5.56 Å². The zero-order valence-corrected chi connectivity index (χ0v) is 12.9. The van der Waals surface area contributed by atoms with Gasteiger partial charge < -0.3 is 15.7 Å². The molecule has 3 amide bonds. The molecule has 1 atom stereocenters. The average molecular weight is 323 g/mol. The molecule has 2 rings (SSSR count). The van der Waals surface area contributed by atoms with Crippen LogP contribution in [0.25, 0.3) is 0 Å². The molecule has 0 radical (unpaired) electrons. The lowest BCUT2D eigenvalue weighted by molar-refractivity contribution is -0.143. The number of carboxylic acids is 1. The number of hydrogen-bond donors (Lipinski definition) is 3. The average Bonchev–Trinajstić information content (AvgIpc) is 2.93. The summed E-state index contributed by atoms with van der Waals surface area (Å²) in [7, 11) is 0. The lowest BCUT2D eigenvalue weighted by atomic mass is 9.98. The summed E-state index contributed by atoms with van der Waals surface area (Å²) in [6.07, 6.45) is 0.143. The summed E-state index contributed by atoms with van der Waals surface area (Å²) in [5.41, 5.74) is -1.42. The number of aliphatic carboxylic acids is 1. The topological polar surface area (TPSA) is 98.7 Å². The first-order valence-corrected chi connectivity index (χ1v) is 7.19. The quantitative estimate of drug-likeness (QED) is 0.761. The summed E-state index contributed by atoms with van der Waals surface area (Å²) in [6.45, 7) is 3.83. The first-order valence-electron chi connectivity index (χ1n) is 7.19. The summed E-state index contributed by atoms with van der Waals surface area (Å²) < 4.78 is 14.0. The molecule has 1 aromatic rings. The Hall–Kier alpha value is -2.64. The minimum atomic E-state index is -1.50. The number of carbonyl (C=O) groups excluding carboxylic acids is 2. The van der Waals surface area contributed by atoms with E-state index in [0.29, 0.717) is 18.8 Å². The molecule has 0 saturated carbocycles. The minimum Gasteiger partial charge on any atom is -0.480 e. The highest BCUT2D eigenvalue weighted by Gasteiger charge is 2.34. The van der Waals surface area contributed by atoms with Crippen LogP contribution in [0.5, 0.6) is 0 Å². The Bertz CT molecular complexity index is 664. The summed E-state index contributed by atoms with van der Waals surface area (Å²) >= 11 is 0. The van der Waals surface area contributed by atoms with Crippen LogP contribution >= 0.6 is 0 Å². The van der Waals surface area contributed by atoms with Crippen molar-refractivity contribution in [1.82, 2.24) is 10.6 Å². The third-order valence-corrected chi connectivity index (χ3v) is 3.93. The Morgan fingerprint density at radius 1 is 1.48 bits per heavy atom. The molecule has 0 bridgehead atoms. The van der Waals surface area contributed by atoms with E-state index in [4.69, 9.17) is 0 Å². The number of rotatable bonds is 5. The van der Waals surface area contributed by atoms with Crippen LogP contribution in [0.4, 0.5) is 14.9 Å². The van der Waals surface area contributed by atoms with Crippen molar-refractivity contribution in [2.24, 2.45) is 0 Å². The molecule has 1 unspecified atom stereocenters. The van der Waals surface area contributed by atoms with Gasteiger partial charge in [0, 0.05) is 18.8 Å². The van der Waals surface area contributed by atoms with Crippen LogP contribution in [0, 0.1) is 5.82 Å². The zero-order valence-electron chi connectivity index (χ0n) is 12.9. The second-order valence-electron chi connectivity index (χ2n) is 5.49. The van der Waals surface area contributed by atoms with Crippen LogP contribution in [0.1, 0.15) is 30.6 Å². The Labute approximate surface area is 132 Å². The monoisotopic (exact) mass is 323 g/mol. The molecule has 3 N–H and O–H groups in total. The third-order valence-electron chi connectivity index (χ3n) is 3.93. The Balaban J connectivity index is 2.30. The highest BCUT2D eigenvalue weighted by atomic mass is 19.1. The molecule has 1 aliphatic heterocycles. The summed E-state index contributed by atoms with van der Waals surface area (Å²) in [4.78, 5) is 36.5. The van der Waals surface area contributed by atoms with Crippen molar-refractivity contribution in [3.63, 3.8) is 0 Å². The minimum absolute atomic E-state index is 0.143. The van der Waals surface area contributed by atoms with Crippen molar-refractivity contribution in [2.75, 3.05) is 18.0 Å². The summed E-state index contributed by atoms with van der Waals surface area (Å²) in [5.74, 6) is -2.82. The number of amides is 3. The predicted molar refractivity (Wildman–Crippen MR) is 80.9 cm³/mol. The van der Waals surface area contributed by atoms with Crippen molar-refractivity contribution in [1.29, 1.82) is 0 Å². The van der Waals surface area contributed by atoms with Crippen LogP contribution in [0.2, 0.25) is 0 Å². The molecule has 0 aromatic heterocycles. The maximum absolute atomic E-state index is 14.0. The molecule has 1 saturated heterocycles. The number of anilines is 1. The van der Waals surface area contributed by atoms with Crippen LogP contribution < -0.4 is 15.5 Å². The fourth-order valence-corrected chi connectivity index (χ4v) is 2.18. The van der Waals surface area contributed by atoms with E-state index in [1.807, 2.05) is 0 Å². The molecule has 1 aliphatic rings. The van der Waals surface area contributed by atoms with Crippen LogP contribution in [-0.4, -0.2) is 41.6 Å². The highest BCUT2D eigenvalue weighted by molar-refractivity contribution is 6.00. The fraction of sp³-hybridized carbons (Fsp3) is 0.400. The van der Waals surface area contributed by atoms with Crippen LogP contribution in [-0.2, 0) is 4.79 Å². The lowest BCUT2D eigenvalue weighted by Crippen LogP contribution is -2.51. The summed E-state index contributed by atoms with van der Waals surface area (Å²) in [5, 5.41) is 14.1. The highest BCUT2D eigenvalue weighted by Crippen LogP contribution is 2.21. The van der Waals surface area contributed by atoms with Gasteiger partial charge in [0.2, 0.25) is 0 Å². The van der Waals surface area contributed by atoms with Crippen LogP contribution in [0.15, 0.2) is 18.2 Å². The fourth-order valence-electron chi connectivity index (χ4n) is 2.18. The SMILES string of the molecule is CCC(C)(NC(=O)c1cc(N2CCNC2=O)ccc1F)C(=O)O. The smallest absolute Gasteiger partial charge is 0.329 e. The van der Waals surface area contributed by atoms with Gasteiger partial charge in [0.15, 0.2) is 0 Å². The zero-order chi connectivity index (χ0) is 17.2. The van der Waals surface area contributed by atoms with Crippen LogP contribution in [0.3, 0.4) is 0 Å². The van der Waals surface area contributed by atoms with Crippen molar-refractivity contribution in [3.05, 3.63) is 29.6 Å². The van der Waals surface area contributed by atoms with Gasteiger partial charge in [-0.15, -0.1) is 0 Å². The number of hydrogen-bond acceptors (Lipinski definition) is 3. The van der Waals surface area contributed by atoms with Gasteiger partial charge in [-0.2, -0.15) is 0 Å². The molecule has 1 aromatic carbocycles. The van der Waals surface area contributed by atoms with Gasteiger partial charge in [-0.25, -0.2) is 14.0 Å². The van der Waals surface area contributed by atoms with Crippen molar-refractivity contribution >= 4 is 23.6 Å².